The topological polar surface area (TPSA) is 79.1 Å². The van der Waals surface area contributed by atoms with Gasteiger partial charge in [-0.2, -0.15) is 0 Å². The SMILES string of the molecule is CCOC(=O)C1=C(c2ccccc2)N=c2s/c(=C\c3cc(Br)c(OCc4ccccc4Cl)c(OC)c3)c(=O)n2[C@@H]1c1ccc(C(C)C)cc1. The third kappa shape index (κ3) is 7.15. The fraction of sp³-hybridized carbons (Fsp3) is 0.205. The summed E-state index contributed by atoms with van der Waals surface area (Å²) in [6, 6.07) is 28.0. The number of benzene rings is 4. The molecule has 250 valence electrons. The first kappa shape index (κ1) is 34.4. The standard InChI is InChI=1S/C39H34BrClN2O5S/c1-5-47-38(45)33-34(26-11-7-6-8-12-26)42-39-43(35(33)27-17-15-25(16-18-27)23(2)3)37(44)32(49-39)21-24-19-29(40)36(31(20-24)46-4)48-22-28-13-9-10-14-30(28)41/h6-21,23,35H,5,22H2,1-4H3/b32-21-/t35-/m1/s1. The maximum atomic E-state index is 14.4. The monoisotopic (exact) mass is 756 g/mol. The molecule has 0 N–H and O–H groups in total. The normalized spacial score (nSPS) is 14.4. The lowest BCUT2D eigenvalue weighted by Gasteiger charge is -2.26. The summed E-state index contributed by atoms with van der Waals surface area (Å²) < 4.78 is 20.1. The zero-order valence-corrected chi connectivity index (χ0v) is 30.6. The quantitative estimate of drug-likeness (QED) is 0.135. The van der Waals surface area contributed by atoms with Gasteiger partial charge >= 0.3 is 5.97 Å². The van der Waals surface area contributed by atoms with E-state index in [1.807, 2.05) is 91.0 Å². The molecule has 7 nitrogen and oxygen atoms in total. The van der Waals surface area contributed by atoms with E-state index in [1.54, 1.807) is 24.7 Å². The minimum atomic E-state index is -0.754. The van der Waals surface area contributed by atoms with Gasteiger partial charge in [-0.05, 0) is 69.7 Å². The highest BCUT2D eigenvalue weighted by atomic mass is 79.9. The van der Waals surface area contributed by atoms with Crippen molar-refractivity contribution in [3.63, 3.8) is 0 Å². The van der Waals surface area contributed by atoms with E-state index in [9.17, 15) is 9.59 Å². The molecule has 49 heavy (non-hydrogen) atoms. The molecule has 0 radical (unpaired) electrons. The molecule has 10 heteroatoms. The van der Waals surface area contributed by atoms with Crippen molar-refractivity contribution in [2.45, 2.75) is 39.3 Å². The summed E-state index contributed by atoms with van der Waals surface area (Å²) in [5.41, 5.74) is 4.77. The smallest absolute Gasteiger partial charge is 0.338 e. The predicted octanol–water partition coefficient (Wildman–Crippen LogP) is 8.06. The summed E-state index contributed by atoms with van der Waals surface area (Å²) in [5.74, 6) is 0.801. The molecule has 1 aliphatic rings. The first-order valence-electron chi connectivity index (χ1n) is 15.8. The van der Waals surface area contributed by atoms with Crippen LogP contribution in [0.15, 0.2) is 111 Å². The Morgan fingerprint density at radius 2 is 1.76 bits per heavy atom. The fourth-order valence-electron chi connectivity index (χ4n) is 5.70. The minimum Gasteiger partial charge on any atom is -0.493 e. The van der Waals surface area contributed by atoms with Gasteiger partial charge in [0, 0.05) is 16.1 Å². The summed E-state index contributed by atoms with van der Waals surface area (Å²) in [6.45, 7) is 6.45. The molecule has 5 aromatic rings. The Morgan fingerprint density at radius 3 is 2.43 bits per heavy atom. The molecule has 4 aromatic carbocycles. The molecule has 0 amide bonds. The van der Waals surface area contributed by atoms with Crippen molar-refractivity contribution in [2.75, 3.05) is 13.7 Å². The van der Waals surface area contributed by atoms with Crippen LogP contribution in [0.5, 0.6) is 11.5 Å². The number of rotatable bonds is 10. The summed E-state index contributed by atoms with van der Waals surface area (Å²) in [7, 11) is 1.56. The zero-order valence-electron chi connectivity index (χ0n) is 27.4. The van der Waals surface area contributed by atoms with Gasteiger partial charge in [-0.1, -0.05) is 110 Å². The molecule has 0 unspecified atom stereocenters. The van der Waals surface area contributed by atoms with Crippen LogP contribution in [0.3, 0.4) is 0 Å². The van der Waals surface area contributed by atoms with E-state index in [1.165, 1.54) is 11.3 Å². The molecule has 1 aromatic heterocycles. The number of carbonyl (C=O) groups excluding carboxylic acids is 1. The molecule has 0 saturated heterocycles. The van der Waals surface area contributed by atoms with Gasteiger partial charge in [-0.15, -0.1) is 0 Å². The Bertz CT molecular complexity index is 2230. The van der Waals surface area contributed by atoms with E-state index < -0.39 is 12.0 Å². The lowest BCUT2D eigenvalue weighted by Crippen LogP contribution is -2.40. The van der Waals surface area contributed by atoms with Crippen molar-refractivity contribution in [3.8, 4) is 11.5 Å². The largest absolute Gasteiger partial charge is 0.493 e. The second kappa shape index (κ2) is 15.0. The number of aromatic nitrogens is 1. The van der Waals surface area contributed by atoms with Crippen molar-refractivity contribution in [1.29, 1.82) is 0 Å². The molecule has 0 fully saturated rings. The first-order valence-corrected chi connectivity index (χ1v) is 17.8. The Hall–Kier alpha value is -4.44. The Labute approximate surface area is 301 Å². The van der Waals surface area contributed by atoms with Gasteiger partial charge in [0.25, 0.3) is 5.56 Å². The number of hydrogen-bond acceptors (Lipinski definition) is 7. The van der Waals surface area contributed by atoms with E-state index in [0.29, 0.717) is 53.1 Å². The van der Waals surface area contributed by atoms with Crippen LogP contribution in [-0.4, -0.2) is 24.3 Å². The number of carbonyl (C=O) groups is 1. The Kier molecular flexibility index (Phi) is 10.5. The van der Waals surface area contributed by atoms with Gasteiger partial charge in [0.15, 0.2) is 16.3 Å². The third-order valence-corrected chi connectivity index (χ3v) is 10.1. The van der Waals surface area contributed by atoms with Crippen LogP contribution in [0.4, 0.5) is 0 Å². The van der Waals surface area contributed by atoms with Crippen molar-refractivity contribution >= 4 is 56.6 Å². The number of halogens is 2. The number of hydrogen-bond donors (Lipinski definition) is 0. The van der Waals surface area contributed by atoms with Crippen LogP contribution < -0.4 is 24.4 Å². The maximum Gasteiger partial charge on any atom is 0.338 e. The lowest BCUT2D eigenvalue weighted by molar-refractivity contribution is -0.138. The molecule has 6 rings (SSSR count). The number of thiazole rings is 1. The average Bonchev–Trinajstić information content (AvgIpc) is 3.41. The van der Waals surface area contributed by atoms with Crippen molar-refractivity contribution in [3.05, 3.63) is 154 Å². The van der Waals surface area contributed by atoms with Crippen LogP contribution in [-0.2, 0) is 16.1 Å². The van der Waals surface area contributed by atoms with Gasteiger partial charge in [-0.3, -0.25) is 9.36 Å². The van der Waals surface area contributed by atoms with Crippen LogP contribution in [0, 0.1) is 0 Å². The van der Waals surface area contributed by atoms with Crippen LogP contribution in [0.1, 0.15) is 60.5 Å². The molecule has 1 atom stereocenters. The number of esters is 1. The van der Waals surface area contributed by atoms with Crippen molar-refractivity contribution in [1.82, 2.24) is 4.57 Å². The number of nitrogens with zero attached hydrogens (tertiary/aromatic N) is 2. The van der Waals surface area contributed by atoms with Gasteiger partial charge in [-0.25, -0.2) is 9.79 Å². The highest BCUT2D eigenvalue weighted by molar-refractivity contribution is 9.10. The highest BCUT2D eigenvalue weighted by Gasteiger charge is 2.35. The lowest BCUT2D eigenvalue weighted by atomic mass is 9.91. The van der Waals surface area contributed by atoms with Gasteiger partial charge < -0.3 is 14.2 Å². The first-order chi connectivity index (χ1) is 23.7. The number of methoxy groups -OCH3 is 1. The number of fused-ring (bicyclic) bond motifs is 1. The van der Waals surface area contributed by atoms with E-state index >= 15 is 0 Å². The van der Waals surface area contributed by atoms with Crippen LogP contribution >= 0.6 is 38.9 Å². The van der Waals surface area contributed by atoms with Crippen LogP contribution in [0.25, 0.3) is 11.8 Å². The maximum absolute atomic E-state index is 14.4. The summed E-state index contributed by atoms with van der Waals surface area (Å²) in [6.07, 6.45) is 1.80. The molecular formula is C39H34BrClN2O5S. The van der Waals surface area contributed by atoms with Crippen molar-refractivity contribution < 1.29 is 19.0 Å². The Morgan fingerprint density at radius 1 is 1.04 bits per heavy atom. The van der Waals surface area contributed by atoms with E-state index in [2.05, 4.69) is 29.8 Å². The zero-order chi connectivity index (χ0) is 34.7. The van der Waals surface area contributed by atoms with E-state index in [0.717, 1.165) is 22.3 Å². The molecule has 0 saturated carbocycles. The van der Waals surface area contributed by atoms with Crippen LogP contribution in [0.2, 0.25) is 5.02 Å². The van der Waals surface area contributed by atoms with Gasteiger partial charge in [0.2, 0.25) is 0 Å². The molecule has 0 aliphatic carbocycles. The molecule has 2 heterocycles. The summed E-state index contributed by atoms with van der Waals surface area (Å²) in [4.78, 5) is 33.6. The fourth-order valence-corrected chi connectivity index (χ4v) is 7.46. The Balaban J connectivity index is 1.50. The second-order valence-corrected chi connectivity index (χ2v) is 13.9. The van der Waals surface area contributed by atoms with Crippen molar-refractivity contribution in [2.24, 2.45) is 4.99 Å². The summed E-state index contributed by atoms with van der Waals surface area (Å²) in [5, 5.41) is 0.611. The van der Waals surface area contributed by atoms with E-state index in [4.69, 9.17) is 30.8 Å². The molecule has 0 spiro atoms. The summed E-state index contributed by atoms with van der Waals surface area (Å²) >= 11 is 11.2. The van der Waals surface area contributed by atoms with Gasteiger partial charge in [0.05, 0.1) is 40.0 Å². The van der Waals surface area contributed by atoms with Gasteiger partial charge in [0.1, 0.15) is 6.61 Å². The second-order valence-electron chi connectivity index (χ2n) is 11.7. The van der Waals surface area contributed by atoms with E-state index in [-0.39, 0.29) is 18.8 Å². The minimum absolute atomic E-state index is 0.183. The molecular weight excluding hydrogens is 724 g/mol. The molecule has 0 bridgehead atoms. The highest BCUT2D eigenvalue weighted by Crippen LogP contribution is 2.38. The molecule has 1 aliphatic heterocycles. The number of ether oxygens (including phenoxy) is 3. The third-order valence-electron chi connectivity index (χ3n) is 8.17. The average molecular weight is 758 g/mol. The predicted molar refractivity (Wildman–Crippen MR) is 198 cm³/mol.